The molecule has 0 atom stereocenters. The van der Waals surface area contributed by atoms with Crippen LogP contribution in [0.3, 0.4) is 0 Å². The molecule has 5 rings (SSSR count). The van der Waals surface area contributed by atoms with Gasteiger partial charge >= 0.3 is 0 Å². The van der Waals surface area contributed by atoms with Crippen molar-refractivity contribution in [1.82, 2.24) is 19.9 Å². The summed E-state index contributed by atoms with van der Waals surface area (Å²) in [5, 5.41) is 13.9. The molecule has 0 fully saturated rings. The van der Waals surface area contributed by atoms with Crippen LogP contribution in [0, 0.1) is 0 Å². The van der Waals surface area contributed by atoms with E-state index < -0.39 is 9.84 Å². The Bertz CT molecular complexity index is 1620. The summed E-state index contributed by atoms with van der Waals surface area (Å²) in [6.07, 6.45) is 5.72. The van der Waals surface area contributed by atoms with Crippen LogP contribution in [-0.2, 0) is 16.4 Å². The van der Waals surface area contributed by atoms with Crippen molar-refractivity contribution >= 4 is 26.6 Å². The predicted octanol–water partition coefficient (Wildman–Crippen LogP) is 4.48. The number of nitrogens with zero attached hydrogens (tertiary/aromatic N) is 4. The second kappa shape index (κ2) is 9.11. The molecule has 0 aliphatic carbocycles. The van der Waals surface area contributed by atoms with Crippen LogP contribution in [0.15, 0.2) is 90.2 Å². The standard InChI is InChI=1S/C26H21N5O3S/c1-35(33,34)21-13-18(14-27-16-21)25-30-23-7-4-6-22(17-8-10-20(32)11-9-17)24(23)26(31-25)29-15-19-5-2-3-12-28-19/h2-14,16,32H,15H2,1H3,(H,29,30,31). The number of phenols is 1. The van der Waals surface area contributed by atoms with Crippen LogP contribution in [0.5, 0.6) is 5.75 Å². The first kappa shape index (κ1) is 22.4. The van der Waals surface area contributed by atoms with E-state index in [2.05, 4.69) is 15.3 Å². The first-order valence-corrected chi connectivity index (χ1v) is 12.7. The highest BCUT2D eigenvalue weighted by molar-refractivity contribution is 7.90. The van der Waals surface area contributed by atoms with Crippen molar-refractivity contribution in [2.75, 3.05) is 11.6 Å². The van der Waals surface area contributed by atoms with Gasteiger partial charge in [-0.25, -0.2) is 18.4 Å². The lowest BCUT2D eigenvalue weighted by Crippen LogP contribution is -2.06. The smallest absolute Gasteiger partial charge is 0.177 e. The Kier molecular flexibility index (Phi) is 5.84. The molecule has 0 saturated carbocycles. The summed E-state index contributed by atoms with van der Waals surface area (Å²) < 4.78 is 24.1. The fourth-order valence-corrected chi connectivity index (χ4v) is 4.34. The molecule has 174 valence electrons. The monoisotopic (exact) mass is 483 g/mol. The van der Waals surface area contributed by atoms with Gasteiger partial charge in [-0.15, -0.1) is 0 Å². The van der Waals surface area contributed by atoms with Crippen molar-refractivity contribution in [2.45, 2.75) is 11.4 Å². The van der Waals surface area contributed by atoms with Gasteiger partial charge in [0.15, 0.2) is 15.7 Å². The zero-order valence-corrected chi connectivity index (χ0v) is 19.6. The summed E-state index contributed by atoms with van der Waals surface area (Å²) in [6, 6.07) is 19.9. The minimum atomic E-state index is -3.44. The number of sulfone groups is 1. The van der Waals surface area contributed by atoms with Crippen LogP contribution in [-0.4, -0.2) is 39.7 Å². The Balaban J connectivity index is 1.69. The topological polar surface area (TPSA) is 118 Å². The number of phenolic OH excluding ortho intramolecular Hbond substituents is 1. The Morgan fingerprint density at radius 2 is 1.74 bits per heavy atom. The summed E-state index contributed by atoms with van der Waals surface area (Å²) in [7, 11) is -3.44. The maximum atomic E-state index is 12.1. The van der Waals surface area contributed by atoms with Gasteiger partial charge in [0.25, 0.3) is 0 Å². The second-order valence-corrected chi connectivity index (χ2v) is 10.0. The van der Waals surface area contributed by atoms with Gasteiger partial charge in [-0.05, 0) is 47.5 Å². The zero-order valence-electron chi connectivity index (χ0n) is 18.8. The SMILES string of the molecule is CS(=O)(=O)c1cncc(-c2nc(NCc3ccccn3)c3c(-c4ccc(O)cc4)cccc3n2)c1. The van der Waals surface area contributed by atoms with E-state index in [1.807, 2.05) is 48.5 Å². The lowest BCUT2D eigenvalue weighted by Gasteiger charge is -2.14. The number of anilines is 1. The van der Waals surface area contributed by atoms with E-state index in [0.717, 1.165) is 28.5 Å². The molecule has 2 aromatic carbocycles. The predicted molar refractivity (Wildman–Crippen MR) is 135 cm³/mol. The van der Waals surface area contributed by atoms with Gasteiger partial charge in [-0.3, -0.25) is 9.97 Å². The molecule has 35 heavy (non-hydrogen) atoms. The molecule has 0 amide bonds. The fraction of sp³-hybridized carbons (Fsp3) is 0.0769. The number of rotatable bonds is 6. The van der Waals surface area contributed by atoms with Crippen molar-refractivity contribution in [3.8, 4) is 28.3 Å². The van der Waals surface area contributed by atoms with E-state index in [9.17, 15) is 13.5 Å². The molecule has 0 bridgehead atoms. The van der Waals surface area contributed by atoms with Gasteiger partial charge < -0.3 is 10.4 Å². The zero-order chi connectivity index (χ0) is 24.4. The van der Waals surface area contributed by atoms with E-state index in [0.29, 0.717) is 29.3 Å². The van der Waals surface area contributed by atoms with Gasteiger partial charge in [0.2, 0.25) is 0 Å². The van der Waals surface area contributed by atoms with E-state index >= 15 is 0 Å². The molecule has 9 heteroatoms. The van der Waals surface area contributed by atoms with E-state index in [1.54, 1.807) is 24.5 Å². The summed E-state index contributed by atoms with van der Waals surface area (Å²) in [5.41, 5.74) is 3.79. The van der Waals surface area contributed by atoms with Crippen LogP contribution in [0.2, 0.25) is 0 Å². The van der Waals surface area contributed by atoms with E-state index in [1.165, 1.54) is 12.3 Å². The maximum absolute atomic E-state index is 12.1. The molecule has 3 aromatic heterocycles. The van der Waals surface area contributed by atoms with Gasteiger partial charge in [0.1, 0.15) is 11.6 Å². The van der Waals surface area contributed by atoms with Crippen LogP contribution in [0.4, 0.5) is 5.82 Å². The quantitative estimate of drug-likeness (QED) is 0.363. The van der Waals surface area contributed by atoms with E-state index in [4.69, 9.17) is 9.97 Å². The molecule has 3 heterocycles. The highest BCUT2D eigenvalue weighted by Crippen LogP contribution is 2.35. The Labute approximate surface area is 202 Å². The van der Waals surface area contributed by atoms with Crippen molar-refractivity contribution in [3.05, 3.63) is 91.0 Å². The number of hydrogen-bond acceptors (Lipinski definition) is 8. The maximum Gasteiger partial charge on any atom is 0.177 e. The Morgan fingerprint density at radius 3 is 2.49 bits per heavy atom. The molecular weight excluding hydrogens is 462 g/mol. The van der Waals surface area contributed by atoms with Crippen LogP contribution in [0.25, 0.3) is 33.4 Å². The average molecular weight is 484 g/mol. The third-order valence-electron chi connectivity index (χ3n) is 5.46. The van der Waals surface area contributed by atoms with Gasteiger partial charge in [-0.1, -0.05) is 30.3 Å². The number of benzene rings is 2. The fourth-order valence-electron chi connectivity index (χ4n) is 3.74. The van der Waals surface area contributed by atoms with Crippen LogP contribution < -0.4 is 5.32 Å². The molecule has 8 nitrogen and oxygen atoms in total. The molecular formula is C26H21N5O3S. The highest BCUT2D eigenvalue weighted by atomic mass is 32.2. The van der Waals surface area contributed by atoms with Gasteiger partial charge in [0.05, 0.1) is 28.0 Å². The Morgan fingerprint density at radius 1 is 0.914 bits per heavy atom. The number of aromatic hydroxyl groups is 1. The van der Waals surface area contributed by atoms with Crippen molar-refractivity contribution < 1.29 is 13.5 Å². The number of nitrogens with one attached hydrogen (secondary N) is 1. The van der Waals surface area contributed by atoms with Crippen LogP contribution >= 0.6 is 0 Å². The molecule has 0 unspecified atom stereocenters. The molecule has 5 aromatic rings. The minimum Gasteiger partial charge on any atom is -0.508 e. The molecule has 0 radical (unpaired) electrons. The molecule has 0 aliphatic heterocycles. The summed E-state index contributed by atoms with van der Waals surface area (Å²) >= 11 is 0. The second-order valence-electron chi connectivity index (χ2n) is 8.00. The summed E-state index contributed by atoms with van der Waals surface area (Å²) in [5.74, 6) is 1.10. The highest BCUT2D eigenvalue weighted by Gasteiger charge is 2.16. The lowest BCUT2D eigenvalue weighted by molar-refractivity contribution is 0.475. The first-order chi connectivity index (χ1) is 16.9. The lowest BCUT2D eigenvalue weighted by atomic mass is 10.0. The minimum absolute atomic E-state index is 0.0968. The van der Waals surface area contributed by atoms with Crippen molar-refractivity contribution in [2.24, 2.45) is 0 Å². The van der Waals surface area contributed by atoms with Crippen molar-refractivity contribution in [1.29, 1.82) is 0 Å². The van der Waals surface area contributed by atoms with Crippen LogP contribution in [0.1, 0.15) is 5.69 Å². The third kappa shape index (κ3) is 4.80. The number of pyridine rings is 2. The van der Waals surface area contributed by atoms with Gasteiger partial charge in [0, 0.05) is 30.4 Å². The first-order valence-electron chi connectivity index (χ1n) is 10.8. The third-order valence-corrected chi connectivity index (χ3v) is 6.54. The summed E-state index contributed by atoms with van der Waals surface area (Å²) in [6.45, 7) is 0.429. The normalized spacial score (nSPS) is 11.5. The molecule has 2 N–H and O–H groups in total. The van der Waals surface area contributed by atoms with E-state index in [-0.39, 0.29) is 10.6 Å². The molecule has 0 spiro atoms. The van der Waals surface area contributed by atoms with Gasteiger partial charge in [-0.2, -0.15) is 0 Å². The average Bonchev–Trinajstić information content (AvgIpc) is 2.87. The number of hydrogen-bond donors (Lipinski definition) is 2. The summed E-state index contributed by atoms with van der Waals surface area (Å²) in [4.78, 5) is 18.1. The molecule has 0 saturated heterocycles. The molecule has 0 aliphatic rings. The number of aromatic nitrogens is 4. The number of fused-ring (bicyclic) bond motifs is 1. The van der Waals surface area contributed by atoms with Crippen molar-refractivity contribution in [3.63, 3.8) is 0 Å². The largest absolute Gasteiger partial charge is 0.508 e. The Hall–Kier alpha value is -4.37.